The molecule has 0 bridgehead atoms. The highest BCUT2D eigenvalue weighted by molar-refractivity contribution is 7.89. The van der Waals surface area contributed by atoms with Crippen molar-refractivity contribution < 1.29 is 26.4 Å². The minimum atomic E-state index is -3.77. The number of aryl methyl sites for hydroxylation is 1. The zero-order valence-electron chi connectivity index (χ0n) is 22.1. The lowest BCUT2D eigenvalue weighted by atomic mass is 10.1. The standard InChI is InChI=1S/C26H36N4O6S2/c1-4-29(5-2)37(32,33)22-10-11-24(28-12-6-7-13-28)23(19-22)26(31)27-21-9-8-20(3)25(18-21)38(34,35)30-14-16-36-17-15-30/h8-11,18-19H,4-7,12-17H2,1-3H3,(H,27,31). The largest absolute Gasteiger partial charge is 0.379 e. The van der Waals surface area contributed by atoms with Gasteiger partial charge in [0.2, 0.25) is 20.0 Å². The first kappa shape index (κ1) is 28.5. The smallest absolute Gasteiger partial charge is 0.257 e. The summed E-state index contributed by atoms with van der Waals surface area (Å²) in [5, 5.41) is 2.82. The van der Waals surface area contributed by atoms with Crippen molar-refractivity contribution in [3.8, 4) is 0 Å². The van der Waals surface area contributed by atoms with E-state index in [0.717, 1.165) is 25.9 Å². The molecule has 2 heterocycles. The first-order valence-corrected chi connectivity index (χ1v) is 15.9. The van der Waals surface area contributed by atoms with E-state index in [9.17, 15) is 21.6 Å². The monoisotopic (exact) mass is 564 g/mol. The van der Waals surface area contributed by atoms with Crippen LogP contribution in [0.5, 0.6) is 0 Å². The van der Waals surface area contributed by atoms with Gasteiger partial charge in [0, 0.05) is 50.6 Å². The highest BCUT2D eigenvalue weighted by atomic mass is 32.2. The van der Waals surface area contributed by atoms with Crippen LogP contribution in [0.2, 0.25) is 0 Å². The minimum absolute atomic E-state index is 0.0498. The fourth-order valence-electron chi connectivity index (χ4n) is 4.88. The second-order valence-electron chi connectivity index (χ2n) is 9.41. The molecule has 38 heavy (non-hydrogen) atoms. The van der Waals surface area contributed by atoms with Gasteiger partial charge < -0.3 is 15.0 Å². The fraction of sp³-hybridized carbons (Fsp3) is 0.500. The van der Waals surface area contributed by atoms with E-state index in [-0.39, 0.29) is 28.4 Å². The Morgan fingerprint density at radius 2 is 1.61 bits per heavy atom. The van der Waals surface area contributed by atoms with Gasteiger partial charge in [0.15, 0.2) is 0 Å². The molecule has 2 aromatic carbocycles. The van der Waals surface area contributed by atoms with E-state index in [1.807, 2.05) is 0 Å². The number of carbonyl (C=O) groups excluding carboxylic acids is 1. The molecule has 4 rings (SSSR count). The van der Waals surface area contributed by atoms with Crippen LogP contribution < -0.4 is 10.2 Å². The molecule has 208 valence electrons. The molecule has 2 aliphatic heterocycles. The number of benzene rings is 2. The van der Waals surface area contributed by atoms with Crippen molar-refractivity contribution in [2.24, 2.45) is 0 Å². The van der Waals surface area contributed by atoms with Crippen LogP contribution in [0.15, 0.2) is 46.2 Å². The summed E-state index contributed by atoms with van der Waals surface area (Å²) in [4.78, 5) is 15.9. The normalized spacial score (nSPS) is 17.2. The van der Waals surface area contributed by atoms with Crippen molar-refractivity contribution >= 4 is 37.3 Å². The van der Waals surface area contributed by atoms with Gasteiger partial charge in [-0.2, -0.15) is 8.61 Å². The number of carbonyl (C=O) groups is 1. The Morgan fingerprint density at radius 1 is 0.947 bits per heavy atom. The van der Waals surface area contributed by atoms with Crippen molar-refractivity contribution in [3.63, 3.8) is 0 Å². The summed E-state index contributed by atoms with van der Waals surface area (Å²) in [7, 11) is -7.54. The Labute approximate surface area is 225 Å². The molecule has 0 atom stereocenters. The summed E-state index contributed by atoms with van der Waals surface area (Å²) in [6, 6.07) is 9.44. The number of anilines is 2. The van der Waals surface area contributed by atoms with Gasteiger partial charge in [-0.05, 0) is 55.7 Å². The maximum atomic E-state index is 13.6. The molecular formula is C26H36N4O6S2. The van der Waals surface area contributed by atoms with Crippen molar-refractivity contribution in [1.82, 2.24) is 8.61 Å². The first-order valence-electron chi connectivity index (χ1n) is 13.0. The van der Waals surface area contributed by atoms with Gasteiger partial charge in [-0.25, -0.2) is 16.8 Å². The molecule has 0 unspecified atom stereocenters. The molecule has 2 fully saturated rings. The van der Waals surface area contributed by atoms with Crippen molar-refractivity contribution in [3.05, 3.63) is 47.5 Å². The summed E-state index contributed by atoms with van der Waals surface area (Å²) in [6.45, 7) is 8.64. The molecule has 2 aromatic rings. The van der Waals surface area contributed by atoms with E-state index in [1.54, 1.807) is 45.0 Å². The summed E-state index contributed by atoms with van der Waals surface area (Å²) in [6.07, 6.45) is 1.97. The molecule has 10 nitrogen and oxygen atoms in total. The van der Waals surface area contributed by atoms with Crippen LogP contribution in [0.25, 0.3) is 0 Å². The summed E-state index contributed by atoms with van der Waals surface area (Å²) < 4.78 is 61.0. The molecule has 0 aliphatic carbocycles. The highest BCUT2D eigenvalue weighted by Gasteiger charge is 2.29. The molecule has 1 N–H and O–H groups in total. The van der Waals surface area contributed by atoms with Gasteiger partial charge in [0.05, 0.1) is 28.6 Å². The Hall–Kier alpha value is -2.51. The number of hydrogen-bond donors (Lipinski definition) is 1. The Bertz CT molecular complexity index is 1380. The van der Waals surface area contributed by atoms with Crippen molar-refractivity contribution in [2.45, 2.75) is 43.4 Å². The molecular weight excluding hydrogens is 528 g/mol. The van der Waals surface area contributed by atoms with E-state index in [0.29, 0.717) is 43.2 Å². The fourth-order valence-corrected chi connectivity index (χ4v) is 8.03. The molecule has 0 radical (unpaired) electrons. The molecule has 2 saturated heterocycles. The zero-order valence-corrected chi connectivity index (χ0v) is 23.8. The van der Waals surface area contributed by atoms with Gasteiger partial charge in [0.25, 0.3) is 5.91 Å². The van der Waals surface area contributed by atoms with E-state index < -0.39 is 26.0 Å². The van der Waals surface area contributed by atoms with E-state index in [1.165, 1.54) is 20.7 Å². The maximum Gasteiger partial charge on any atom is 0.257 e. The number of ether oxygens (including phenoxy) is 1. The average Bonchev–Trinajstić information content (AvgIpc) is 3.45. The third-order valence-corrected chi connectivity index (χ3v) is 11.1. The van der Waals surface area contributed by atoms with Crippen LogP contribution in [0.4, 0.5) is 11.4 Å². The lowest BCUT2D eigenvalue weighted by Crippen LogP contribution is -2.40. The molecule has 0 spiro atoms. The van der Waals surface area contributed by atoms with E-state index >= 15 is 0 Å². The Balaban J connectivity index is 1.69. The van der Waals surface area contributed by atoms with Gasteiger partial charge in [-0.3, -0.25) is 4.79 Å². The highest BCUT2D eigenvalue weighted by Crippen LogP contribution is 2.30. The lowest BCUT2D eigenvalue weighted by Gasteiger charge is -2.27. The van der Waals surface area contributed by atoms with Crippen LogP contribution >= 0.6 is 0 Å². The average molecular weight is 565 g/mol. The van der Waals surface area contributed by atoms with Gasteiger partial charge in [-0.15, -0.1) is 0 Å². The van der Waals surface area contributed by atoms with Crippen LogP contribution in [0.3, 0.4) is 0 Å². The zero-order chi connectivity index (χ0) is 27.5. The van der Waals surface area contributed by atoms with Gasteiger partial charge in [-0.1, -0.05) is 19.9 Å². The third-order valence-electron chi connectivity index (χ3n) is 7.04. The summed E-state index contributed by atoms with van der Waals surface area (Å²) in [5.41, 5.74) is 1.78. The number of sulfonamides is 2. The second-order valence-corrected chi connectivity index (χ2v) is 13.3. The number of morpholine rings is 1. The maximum absolute atomic E-state index is 13.6. The predicted octanol–water partition coefficient (Wildman–Crippen LogP) is 2.90. The molecule has 0 aromatic heterocycles. The number of amides is 1. The molecule has 0 saturated carbocycles. The van der Waals surface area contributed by atoms with Crippen molar-refractivity contribution in [2.75, 3.05) is 62.7 Å². The van der Waals surface area contributed by atoms with Crippen molar-refractivity contribution in [1.29, 1.82) is 0 Å². The Morgan fingerprint density at radius 3 is 2.24 bits per heavy atom. The number of nitrogens with zero attached hydrogens (tertiary/aromatic N) is 3. The SMILES string of the molecule is CCN(CC)S(=O)(=O)c1ccc(N2CCCC2)c(C(=O)Nc2ccc(C)c(S(=O)(=O)N3CCOCC3)c2)c1. The molecule has 2 aliphatic rings. The second kappa shape index (κ2) is 11.7. The number of rotatable bonds is 9. The summed E-state index contributed by atoms with van der Waals surface area (Å²) >= 11 is 0. The minimum Gasteiger partial charge on any atom is -0.379 e. The lowest BCUT2D eigenvalue weighted by molar-refractivity contribution is 0.0730. The Kier molecular flexibility index (Phi) is 8.78. The first-order chi connectivity index (χ1) is 18.1. The number of hydrogen-bond acceptors (Lipinski definition) is 7. The van der Waals surface area contributed by atoms with Gasteiger partial charge in [0.1, 0.15) is 0 Å². The predicted molar refractivity (Wildman–Crippen MR) is 147 cm³/mol. The quantitative estimate of drug-likeness (QED) is 0.498. The van der Waals surface area contributed by atoms with Crippen LogP contribution in [0.1, 0.15) is 42.6 Å². The summed E-state index contributed by atoms with van der Waals surface area (Å²) in [5.74, 6) is -0.498. The molecule has 12 heteroatoms. The van der Waals surface area contributed by atoms with E-state index in [4.69, 9.17) is 4.74 Å². The van der Waals surface area contributed by atoms with Gasteiger partial charge >= 0.3 is 0 Å². The van der Waals surface area contributed by atoms with Crippen LogP contribution in [-0.2, 0) is 24.8 Å². The number of nitrogens with one attached hydrogen (secondary N) is 1. The topological polar surface area (TPSA) is 116 Å². The van der Waals surface area contributed by atoms with Crippen LogP contribution in [-0.4, -0.2) is 83.8 Å². The molecule has 1 amide bonds. The van der Waals surface area contributed by atoms with E-state index in [2.05, 4.69) is 10.2 Å². The van der Waals surface area contributed by atoms with Crippen LogP contribution in [0, 0.1) is 6.92 Å². The third kappa shape index (κ3) is 5.74.